The molecule has 5 heteroatoms. The van der Waals surface area contributed by atoms with E-state index in [0.29, 0.717) is 18.7 Å². The Hall–Kier alpha value is -1.91. The van der Waals surface area contributed by atoms with Crippen LogP contribution in [-0.2, 0) is 4.79 Å². The van der Waals surface area contributed by atoms with Crippen molar-refractivity contribution in [1.29, 1.82) is 0 Å². The van der Waals surface area contributed by atoms with Crippen LogP contribution in [-0.4, -0.2) is 34.8 Å². The van der Waals surface area contributed by atoms with Gasteiger partial charge in [0.15, 0.2) is 0 Å². The van der Waals surface area contributed by atoms with Crippen molar-refractivity contribution in [1.82, 2.24) is 9.88 Å². The molecule has 1 aliphatic rings. The maximum absolute atomic E-state index is 12.1. The highest BCUT2D eigenvalue weighted by Crippen LogP contribution is 2.18. The smallest absolute Gasteiger partial charge is 0.253 e. The number of piperidine rings is 1. The number of nitrogens with two attached hydrogens (primary N) is 1. The Morgan fingerprint density at radius 2 is 2.06 bits per heavy atom. The third-order valence-electron chi connectivity index (χ3n) is 3.04. The lowest BCUT2D eigenvalue weighted by atomic mass is 9.97. The summed E-state index contributed by atoms with van der Waals surface area (Å²) in [5.41, 5.74) is 5.88. The molecule has 0 bridgehead atoms. The molecule has 0 aromatic carbocycles. The highest BCUT2D eigenvalue weighted by atomic mass is 16.2. The number of hydrogen-bond donors (Lipinski definition) is 1. The summed E-state index contributed by atoms with van der Waals surface area (Å²) in [5.74, 6) is -0.592. The van der Waals surface area contributed by atoms with Crippen molar-refractivity contribution in [2.45, 2.75) is 12.8 Å². The summed E-state index contributed by atoms with van der Waals surface area (Å²) in [6.07, 6.45) is 4.77. The second-order valence-corrected chi connectivity index (χ2v) is 4.23. The number of amides is 2. The Labute approximate surface area is 99.6 Å². The number of aromatic nitrogens is 1. The van der Waals surface area contributed by atoms with Gasteiger partial charge < -0.3 is 10.6 Å². The van der Waals surface area contributed by atoms with Gasteiger partial charge in [-0.05, 0) is 25.0 Å². The monoisotopic (exact) mass is 233 g/mol. The van der Waals surface area contributed by atoms with Crippen LogP contribution in [0.1, 0.15) is 23.2 Å². The zero-order valence-electron chi connectivity index (χ0n) is 9.50. The maximum Gasteiger partial charge on any atom is 0.253 e. The molecule has 2 amide bonds. The second kappa shape index (κ2) is 4.95. The van der Waals surface area contributed by atoms with E-state index in [2.05, 4.69) is 4.98 Å². The van der Waals surface area contributed by atoms with Crippen molar-refractivity contribution < 1.29 is 9.59 Å². The van der Waals surface area contributed by atoms with Crippen LogP contribution in [0, 0.1) is 5.92 Å². The highest BCUT2D eigenvalue weighted by Gasteiger charge is 2.27. The van der Waals surface area contributed by atoms with E-state index in [0.717, 1.165) is 12.8 Å². The van der Waals surface area contributed by atoms with Gasteiger partial charge in [-0.15, -0.1) is 0 Å². The van der Waals surface area contributed by atoms with E-state index in [9.17, 15) is 9.59 Å². The predicted octanol–water partition coefficient (Wildman–Crippen LogP) is 0.419. The number of rotatable bonds is 2. The molecule has 0 spiro atoms. The minimum atomic E-state index is -0.322. The molecule has 5 nitrogen and oxygen atoms in total. The fourth-order valence-electron chi connectivity index (χ4n) is 2.07. The van der Waals surface area contributed by atoms with Crippen LogP contribution in [0.5, 0.6) is 0 Å². The molecule has 2 N–H and O–H groups in total. The van der Waals surface area contributed by atoms with E-state index in [4.69, 9.17) is 5.73 Å². The van der Waals surface area contributed by atoms with Crippen LogP contribution in [0.2, 0.25) is 0 Å². The van der Waals surface area contributed by atoms with Gasteiger partial charge in [0.1, 0.15) is 0 Å². The van der Waals surface area contributed by atoms with Crippen LogP contribution in [0.25, 0.3) is 0 Å². The van der Waals surface area contributed by atoms with Crippen LogP contribution >= 0.6 is 0 Å². The number of primary amides is 1. The minimum absolute atomic E-state index is 0.0571. The van der Waals surface area contributed by atoms with Crippen LogP contribution in [0.4, 0.5) is 0 Å². The molecule has 0 radical (unpaired) electrons. The standard InChI is InChI=1S/C12H15N3O2/c13-11(16)10-2-1-7-15(8-10)12(17)9-3-5-14-6-4-9/h3-6,10H,1-2,7-8H2,(H2,13,16). The normalized spacial score (nSPS) is 20.0. The van der Waals surface area contributed by atoms with E-state index in [-0.39, 0.29) is 17.7 Å². The molecule has 1 aromatic heterocycles. The molecule has 1 fully saturated rings. The first-order valence-electron chi connectivity index (χ1n) is 5.67. The number of likely N-dealkylation sites (tertiary alicyclic amines) is 1. The van der Waals surface area contributed by atoms with E-state index in [1.54, 1.807) is 29.4 Å². The van der Waals surface area contributed by atoms with Crippen LogP contribution in [0.3, 0.4) is 0 Å². The lowest BCUT2D eigenvalue weighted by Crippen LogP contribution is -2.44. The van der Waals surface area contributed by atoms with Gasteiger partial charge in [-0.2, -0.15) is 0 Å². The summed E-state index contributed by atoms with van der Waals surface area (Å²) in [7, 11) is 0. The molecule has 1 aromatic rings. The molecular weight excluding hydrogens is 218 g/mol. The van der Waals surface area contributed by atoms with Crippen molar-refractivity contribution >= 4 is 11.8 Å². The molecule has 1 aliphatic heterocycles. The van der Waals surface area contributed by atoms with Crippen molar-refractivity contribution in [3.63, 3.8) is 0 Å². The van der Waals surface area contributed by atoms with Crippen LogP contribution in [0.15, 0.2) is 24.5 Å². The largest absolute Gasteiger partial charge is 0.369 e. The lowest BCUT2D eigenvalue weighted by molar-refractivity contribution is -0.123. The Morgan fingerprint density at radius 1 is 1.35 bits per heavy atom. The Bertz CT molecular complexity index is 419. The number of nitrogens with zero attached hydrogens (tertiary/aromatic N) is 2. The van der Waals surface area contributed by atoms with Gasteiger partial charge in [-0.1, -0.05) is 0 Å². The number of carbonyl (C=O) groups excluding carboxylic acids is 2. The summed E-state index contributed by atoms with van der Waals surface area (Å²) in [6.45, 7) is 1.11. The molecule has 2 rings (SSSR count). The van der Waals surface area contributed by atoms with Gasteiger partial charge >= 0.3 is 0 Å². The minimum Gasteiger partial charge on any atom is -0.369 e. The quantitative estimate of drug-likeness (QED) is 0.804. The predicted molar refractivity (Wildman–Crippen MR) is 62.1 cm³/mol. The zero-order valence-corrected chi connectivity index (χ0v) is 9.50. The van der Waals surface area contributed by atoms with E-state index in [1.165, 1.54) is 0 Å². The molecule has 17 heavy (non-hydrogen) atoms. The van der Waals surface area contributed by atoms with Crippen molar-refractivity contribution in [3.05, 3.63) is 30.1 Å². The third-order valence-corrected chi connectivity index (χ3v) is 3.04. The maximum atomic E-state index is 12.1. The Balaban J connectivity index is 2.07. The summed E-state index contributed by atoms with van der Waals surface area (Å²) >= 11 is 0. The Kier molecular flexibility index (Phi) is 3.37. The SMILES string of the molecule is NC(=O)C1CCCN(C(=O)c2ccncc2)C1. The van der Waals surface area contributed by atoms with E-state index in [1.807, 2.05) is 0 Å². The van der Waals surface area contributed by atoms with Gasteiger partial charge in [0.2, 0.25) is 5.91 Å². The van der Waals surface area contributed by atoms with Gasteiger partial charge in [0, 0.05) is 31.0 Å². The molecule has 1 unspecified atom stereocenters. The van der Waals surface area contributed by atoms with Gasteiger partial charge in [-0.3, -0.25) is 14.6 Å². The van der Waals surface area contributed by atoms with Gasteiger partial charge in [0.05, 0.1) is 5.92 Å². The summed E-state index contributed by atoms with van der Waals surface area (Å²) in [4.78, 5) is 28.8. The number of carbonyl (C=O) groups is 2. The van der Waals surface area contributed by atoms with Crippen LogP contribution < -0.4 is 5.73 Å². The fourth-order valence-corrected chi connectivity index (χ4v) is 2.07. The summed E-state index contributed by atoms with van der Waals surface area (Å²) < 4.78 is 0. The summed E-state index contributed by atoms with van der Waals surface area (Å²) in [5, 5.41) is 0. The molecule has 1 saturated heterocycles. The third kappa shape index (κ3) is 2.61. The number of hydrogen-bond acceptors (Lipinski definition) is 3. The molecule has 1 atom stereocenters. The molecule has 0 saturated carbocycles. The molecule has 90 valence electrons. The zero-order chi connectivity index (χ0) is 12.3. The van der Waals surface area contributed by atoms with Crippen molar-refractivity contribution in [2.24, 2.45) is 11.7 Å². The average molecular weight is 233 g/mol. The Morgan fingerprint density at radius 3 is 2.71 bits per heavy atom. The number of pyridine rings is 1. The van der Waals surface area contributed by atoms with Gasteiger partial charge in [-0.25, -0.2) is 0 Å². The second-order valence-electron chi connectivity index (χ2n) is 4.23. The average Bonchev–Trinajstić information content (AvgIpc) is 2.39. The first kappa shape index (κ1) is 11.6. The first-order chi connectivity index (χ1) is 8.18. The van der Waals surface area contributed by atoms with Crippen molar-refractivity contribution in [3.8, 4) is 0 Å². The lowest BCUT2D eigenvalue weighted by Gasteiger charge is -2.31. The molecule has 2 heterocycles. The summed E-state index contributed by atoms with van der Waals surface area (Å²) in [6, 6.07) is 3.35. The molecule has 0 aliphatic carbocycles. The fraction of sp³-hybridized carbons (Fsp3) is 0.417. The molecular formula is C12H15N3O2. The van der Waals surface area contributed by atoms with Gasteiger partial charge in [0.25, 0.3) is 5.91 Å². The van der Waals surface area contributed by atoms with E-state index >= 15 is 0 Å². The van der Waals surface area contributed by atoms with E-state index < -0.39 is 0 Å². The highest BCUT2D eigenvalue weighted by molar-refractivity contribution is 5.94. The topological polar surface area (TPSA) is 76.3 Å². The van der Waals surface area contributed by atoms with Crippen molar-refractivity contribution in [2.75, 3.05) is 13.1 Å². The first-order valence-corrected chi connectivity index (χ1v) is 5.67.